The molecule has 4 fully saturated rings. The molecule has 2 aliphatic carbocycles. The van der Waals surface area contributed by atoms with E-state index in [4.69, 9.17) is 0 Å². The molecular formula is C22H41N3O. The van der Waals surface area contributed by atoms with Crippen LogP contribution in [-0.4, -0.2) is 72.4 Å². The predicted molar refractivity (Wildman–Crippen MR) is 107 cm³/mol. The highest BCUT2D eigenvalue weighted by Gasteiger charge is 2.53. The van der Waals surface area contributed by atoms with Gasteiger partial charge in [-0.25, -0.2) is 0 Å². The van der Waals surface area contributed by atoms with Gasteiger partial charge in [-0.1, -0.05) is 26.7 Å². The lowest BCUT2D eigenvalue weighted by molar-refractivity contribution is -0.125. The fourth-order valence-corrected chi connectivity index (χ4v) is 6.40. The molecule has 2 N–H and O–H groups in total. The maximum absolute atomic E-state index is 11.7. The Morgan fingerprint density at radius 3 is 2.23 bits per heavy atom. The monoisotopic (exact) mass is 363 g/mol. The van der Waals surface area contributed by atoms with Gasteiger partial charge in [0.2, 0.25) is 0 Å². The van der Waals surface area contributed by atoms with E-state index in [0.717, 1.165) is 45.2 Å². The van der Waals surface area contributed by atoms with Crippen LogP contribution in [0.5, 0.6) is 0 Å². The van der Waals surface area contributed by atoms with Crippen LogP contribution in [0.25, 0.3) is 0 Å². The Balaban J connectivity index is 1.31. The van der Waals surface area contributed by atoms with Gasteiger partial charge in [-0.05, 0) is 56.9 Å². The van der Waals surface area contributed by atoms with Gasteiger partial charge in [0.15, 0.2) is 0 Å². The smallest absolute Gasteiger partial charge is 0.0854 e. The van der Waals surface area contributed by atoms with Gasteiger partial charge in [0, 0.05) is 50.7 Å². The van der Waals surface area contributed by atoms with Crippen molar-refractivity contribution in [3.63, 3.8) is 0 Å². The van der Waals surface area contributed by atoms with Crippen LogP contribution in [0, 0.1) is 10.8 Å². The van der Waals surface area contributed by atoms with Crippen LogP contribution in [0.3, 0.4) is 0 Å². The molecule has 26 heavy (non-hydrogen) atoms. The molecule has 2 saturated carbocycles. The van der Waals surface area contributed by atoms with Gasteiger partial charge in [-0.15, -0.1) is 0 Å². The number of rotatable bonds is 3. The van der Waals surface area contributed by atoms with Crippen molar-refractivity contribution < 1.29 is 5.11 Å². The first-order chi connectivity index (χ1) is 12.4. The van der Waals surface area contributed by atoms with Crippen LogP contribution in [0.4, 0.5) is 0 Å². The molecule has 2 heterocycles. The lowest BCUT2D eigenvalue weighted by Crippen LogP contribution is -2.64. The average Bonchev–Trinajstić information content (AvgIpc) is 3.09. The first kappa shape index (κ1) is 19.2. The van der Waals surface area contributed by atoms with Gasteiger partial charge in [-0.2, -0.15) is 0 Å². The maximum atomic E-state index is 11.7. The highest BCUT2D eigenvalue weighted by atomic mass is 16.3. The highest BCUT2D eigenvalue weighted by molar-refractivity contribution is 5.07. The van der Waals surface area contributed by atoms with Crippen LogP contribution in [0.2, 0.25) is 0 Å². The van der Waals surface area contributed by atoms with E-state index in [1.165, 1.54) is 64.5 Å². The average molecular weight is 364 g/mol. The van der Waals surface area contributed by atoms with E-state index in [2.05, 4.69) is 29.0 Å². The Kier molecular flexibility index (Phi) is 5.42. The molecule has 1 spiro atoms. The Bertz CT molecular complexity index is 470. The summed E-state index contributed by atoms with van der Waals surface area (Å²) in [5.41, 5.74) is 0.245. The molecule has 0 aromatic heterocycles. The SMILES string of the molecule is CC1(C)CCC(N2CCN(CC3(O)CCNCC34CCCC4)CC2)CC1. The molecule has 0 radical (unpaired) electrons. The highest BCUT2D eigenvalue weighted by Crippen LogP contribution is 2.49. The zero-order valence-corrected chi connectivity index (χ0v) is 17.2. The normalized spacial score (nSPS) is 36.6. The van der Waals surface area contributed by atoms with Gasteiger partial charge in [0.1, 0.15) is 0 Å². The summed E-state index contributed by atoms with van der Waals surface area (Å²) < 4.78 is 0. The van der Waals surface area contributed by atoms with Crippen molar-refractivity contribution in [1.82, 2.24) is 15.1 Å². The van der Waals surface area contributed by atoms with Crippen molar-refractivity contribution in [3.8, 4) is 0 Å². The first-order valence-corrected chi connectivity index (χ1v) is 11.3. The van der Waals surface area contributed by atoms with Crippen LogP contribution >= 0.6 is 0 Å². The number of nitrogens with one attached hydrogen (secondary N) is 1. The standard InChI is InChI=1S/C22H41N3O/c1-20(2)9-5-19(6-10-20)25-15-13-24(14-16-25)18-22(26)11-12-23-17-21(22)7-3-4-8-21/h19,23,26H,3-18H2,1-2H3. The molecule has 1 atom stereocenters. The third-order valence-corrected chi connectivity index (χ3v) is 8.44. The minimum absolute atomic E-state index is 0.150. The minimum atomic E-state index is -0.466. The Hall–Kier alpha value is -0.160. The minimum Gasteiger partial charge on any atom is -0.388 e. The van der Waals surface area contributed by atoms with E-state index in [0.29, 0.717) is 5.41 Å². The number of hydrogen-bond acceptors (Lipinski definition) is 4. The second-order valence-electron chi connectivity index (χ2n) is 10.7. The first-order valence-electron chi connectivity index (χ1n) is 11.3. The van der Waals surface area contributed by atoms with Crippen molar-refractivity contribution in [2.75, 3.05) is 45.8 Å². The molecule has 0 bridgehead atoms. The fraction of sp³-hybridized carbons (Fsp3) is 1.00. The zero-order chi connectivity index (χ0) is 18.3. The van der Waals surface area contributed by atoms with Crippen molar-refractivity contribution in [1.29, 1.82) is 0 Å². The van der Waals surface area contributed by atoms with E-state index in [9.17, 15) is 5.11 Å². The summed E-state index contributed by atoms with van der Waals surface area (Å²) in [6, 6.07) is 0.813. The molecule has 4 rings (SSSR count). The van der Waals surface area contributed by atoms with Gasteiger partial charge in [0.05, 0.1) is 5.60 Å². The number of hydrogen-bond donors (Lipinski definition) is 2. The van der Waals surface area contributed by atoms with Crippen LogP contribution in [0.15, 0.2) is 0 Å². The van der Waals surface area contributed by atoms with Gasteiger partial charge >= 0.3 is 0 Å². The number of aliphatic hydroxyl groups is 1. The van der Waals surface area contributed by atoms with Crippen molar-refractivity contribution in [3.05, 3.63) is 0 Å². The fourth-order valence-electron chi connectivity index (χ4n) is 6.40. The molecule has 0 aromatic carbocycles. The lowest BCUT2D eigenvalue weighted by atomic mass is 9.66. The summed E-state index contributed by atoms with van der Waals surface area (Å²) in [6.45, 7) is 12.5. The summed E-state index contributed by atoms with van der Waals surface area (Å²) in [5, 5.41) is 15.2. The predicted octanol–water partition coefficient (Wildman–Crippen LogP) is 2.86. The second kappa shape index (κ2) is 7.35. The van der Waals surface area contributed by atoms with Crippen LogP contribution in [0.1, 0.15) is 71.6 Å². The lowest BCUT2D eigenvalue weighted by Gasteiger charge is -2.52. The quantitative estimate of drug-likeness (QED) is 0.809. The molecule has 2 saturated heterocycles. The van der Waals surface area contributed by atoms with Crippen molar-refractivity contribution in [2.24, 2.45) is 10.8 Å². The molecule has 4 nitrogen and oxygen atoms in total. The maximum Gasteiger partial charge on any atom is 0.0854 e. The van der Waals surface area contributed by atoms with Crippen LogP contribution in [-0.2, 0) is 0 Å². The largest absolute Gasteiger partial charge is 0.388 e. The summed E-state index contributed by atoms with van der Waals surface area (Å²) in [5.74, 6) is 0. The van der Waals surface area contributed by atoms with Crippen molar-refractivity contribution in [2.45, 2.75) is 83.3 Å². The van der Waals surface area contributed by atoms with Gasteiger partial charge in [0.25, 0.3) is 0 Å². The number of β-amino-alcohol motifs (C(OH)–C–C–N with tert-alkyl or cyclic N) is 1. The van der Waals surface area contributed by atoms with Gasteiger partial charge in [-0.3, -0.25) is 9.80 Å². The summed E-state index contributed by atoms with van der Waals surface area (Å²) in [6.07, 6.45) is 11.5. The Morgan fingerprint density at radius 1 is 0.923 bits per heavy atom. The summed E-state index contributed by atoms with van der Waals surface area (Å²) >= 11 is 0. The van der Waals surface area contributed by atoms with E-state index >= 15 is 0 Å². The van der Waals surface area contributed by atoms with E-state index < -0.39 is 5.60 Å². The summed E-state index contributed by atoms with van der Waals surface area (Å²) in [4.78, 5) is 5.33. The molecule has 0 aromatic rings. The van der Waals surface area contributed by atoms with Gasteiger partial charge < -0.3 is 10.4 Å². The number of piperazine rings is 1. The van der Waals surface area contributed by atoms with E-state index in [1.54, 1.807) is 0 Å². The number of piperidine rings is 1. The third-order valence-electron chi connectivity index (χ3n) is 8.44. The molecule has 2 aliphatic heterocycles. The van der Waals surface area contributed by atoms with Crippen molar-refractivity contribution >= 4 is 0 Å². The molecule has 0 amide bonds. The Labute approximate surface area is 160 Å². The van der Waals surface area contributed by atoms with Crippen LogP contribution < -0.4 is 5.32 Å². The molecule has 4 aliphatic rings. The number of nitrogens with zero attached hydrogens (tertiary/aromatic N) is 2. The van der Waals surface area contributed by atoms with E-state index in [-0.39, 0.29) is 5.41 Å². The zero-order valence-electron chi connectivity index (χ0n) is 17.2. The second-order valence-corrected chi connectivity index (χ2v) is 10.7. The molecule has 1 unspecified atom stereocenters. The third kappa shape index (κ3) is 3.72. The van der Waals surface area contributed by atoms with E-state index in [1.807, 2.05) is 0 Å². The topological polar surface area (TPSA) is 38.7 Å². The molecular weight excluding hydrogens is 322 g/mol. The molecule has 4 heteroatoms. The Morgan fingerprint density at radius 2 is 1.58 bits per heavy atom. The summed E-state index contributed by atoms with van der Waals surface area (Å²) in [7, 11) is 0. The molecule has 150 valence electrons.